The van der Waals surface area contributed by atoms with E-state index >= 15 is 0 Å². The summed E-state index contributed by atoms with van der Waals surface area (Å²) in [5, 5.41) is 1.20. The van der Waals surface area contributed by atoms with Crippen LogP contribution in [0.2, 0.25) is 10.0 Å². The van der Waals surface area contributed by atoms with Crippen molar-refractivity contribution in [3.63, 3.8) is 0 Å². The molecular weight excluding hydrogens is 267 g/mol. The van der Waals surface area contributed by atoms with Crippen molar-refractivity contribution in [1.29, 1.82) is 0 Å². The Bertz CT molecular complexity index is 436. The van der Waals surface area contributed by atoms with Gasteiger partial charge in [-0.3, -0.25) is 0 Å². The van der Waals surface area contributed by atoms with Gasteiger partial charge in [-0.15, -0.1) is 0 Å². The summed E-state index contributed by atoms with van der Waals surface area (Å²) in [6, 6.07) is 4.01. The van der Waals surface area contributed by atoms with Crippen LogP contribution in [0, 0.1) is 0 Å². The molecule has 0 aromatic heterocycles. The highest BCUT2D eigenvalue weighted by Crippen LogP contribution is 2.41. The molecule has 1 aliphatic rings. The molecule has 1 aliphatic carbocycles. The van der Waals surface area contributed by atoms with Gasteiger partial charge in [-0.25, -0.2) is 0 Å². The Morgan fingerprint density at radius 1 is 1.17 bits per heavy atom. The summed E-state index contributed by atoms with van der Waals surface area (Å²) in [5.74, 6) is 0.333. The van der Waals surface area contributed by atoms with Crippen LogP contribution < -0.4 is 0 Å². The van der Waals surface area contributed by atoms with Gasteiger partial charge in [-0.1, -0.05) is 61.5 Å². The number of rotatable bonds is 3. The largest absolute Gasteiger partial charge is 0.303 e. The zero-order valence-electron chi connectivity index (χ0n) is 10.6. The van der Waals surface area contributed by atoms with Crippen LogP contribution in [-0.4, -0.2) is 6.29 Å². The molecule has 1 aromatic rings. The monoisotopic (exact) mass is 284 g/mol. The molecule has 0 spiro atoms. The van der Waals surface area contributed by atoms with Gasteiger partial charge >= 0.3 is 0 Å². The van der Waals surface area contributed by atoms with Gasteiger partial charge in [0.05, 0.1) is 10.0 Å². The second-order valence-electron chi connectivity index (χ2n) is 5.13. The van der Waals surface area contributed by atoms with Crippen LogP contribution in [0.15, 0.2) is 12.1 Å². The Labute approximate surface area is 118 Å². The first-order valence-corrected chi connectivity index (χ1v) is 7.33. The van der Waals surface area contributed by atoms with E-state index in [2.05, 4.69) is 6.07 Å². The van der Waals surface area contributed by atoms with Gasteiger partial charge in [0.25, 0.3) is 0 Å². The molecule has 1 aromatic carbocycles. The van der Waals surface area contributed by atoms with Gasteiger partial charge in [0.2, 0.25) is 0 Å². The minimum Gasteiger partial charge on any atom is -0.303 e. The summed E-state index contributed by atoms with van der Waals surface area (Å²) in [6.07, 6.45) is 7.15. The zero-order chi connectivity index (χ0) is 13.1. The first kappa shape index (κ1) is 13.9. The highest BCUT2D eigenvalue weighted by atomic mass is 35.5. The van der Waals surface area contributed by atoms with E-state index in [4.69, 9.17) is 23.2 Å². The lowest BCUT2D eigenvalue weighted by Gasteiger charge is -2.24. The van der Waals surface area contributed by atoms with Crippen molar-refractivity contribution < 1.29 is 4.79 Å². The predicted octanol–water partition coefficient (Wildman–Crippen LogP) is 5.34. The summed E-state index contributed by atoms with van der Waals surface area (Å²) < 4.78 is 0. The Balaban J connectivity index is 2.33. The van der Waals surface area contributed by atoms with E-state index in [0.717, 1.165) is 17.4 Å². The second-order valence-corrected chi connectivity index (χ2v) is 5.89. The van der Waals surface area contributed by atoms with Crippen LogP contribution in [0.4, 0.5) is 0 Å². The molecule has 2 rings (SSSR count). The first-order chi connectivity index (χ1) is 8.65. The molecule has 1 atom stereocenters. The minimum absolute atomic E-state index is 0.199. The van der Waals surface area contributed by atoms with Gasteiger partial charge in [-0.05, 0) is 29.9 Å². The van der Waals surface area contributed by atoms with Crippen LogP contribution in [0.5, 0.6) is 0 Å². The maximum atomic E-state index is 10.9. The first-order valence-electron chi connectivity index (χ1n) is 6.58. The maximum Gasteiger partial charge on any atom is 0.127 e. The summed E-state index contributed by atoms with van der Waals surface area (Å²) in [6.45, 7) is 1.84. The van der Waals surface area contributed by atoms with Gasteiger partial charge in [0.1, 0.15) is 6.29 Å². The van der Waals surface area contributed by atoms with Crippen LogP contribution in [0.3, 0.4) is 0 Å². The molecule has 0 bridgehead atoms. The third kappa shape index (κ3) is 2.73. The molecule has 0 heterocycles. The fourth-order valence-electron chi connectivity index (χ4n) is 2.73. The number of hydrogen-bond donors (Lipinski definition) is 0. The lowest BCUT2D eigenvalue weighted by Crippen LogP contribution is -2.06. The Morgan fingerprint density at radius 2 is 1.83 bits per heavy atom. The van der Waals surface area contributed by atoms with Crippen molar-refractivity contribution in [2.45, 2.75) is 50.9 Å². The summed E-state index contributed by atoms with van der Waals surface area (Å²) in [5.41, 5.74) is 1.99. The third-order valence-electron chi connectivity index (χ3n) is 3.88. The molecule has 0 N–H and O–H groups in total. The van der Waals surface area contributed by atoms with Crippen LogP contribution in [-0.2, 0) is 4.79 Å². The zero-order valence-corrected chi connectivity index (χ0v) is 12.1. The van der Waals surface area contributed by atoms with Crippen LogP contribution in [0.1, 0.15) is 62.0 Å². The van der Waals surface area contributed by atoms with E-state index in [9.17, 15) is 4.79 Å². The number of carbonyl (C=O) groups is 1. The molecule has 1 fully saturated rings. The Morgan fingerprint density at radius 3 is 2.44 bits per heavy atom. The lowest BCUT2D eigenvalue weighted by atomic mass is 9.83. The van der Waals surface area contributed by atoms with E-state index in [1.54, 1.807) is 0 Å². The van der Waals surface area contributed by atoms with Crippen molar-refractivity contribution >= 4 is 29.5 Å². The molecule has 18 heavy (non-hydrogen) atoms. The van der Waals surface area contributed by atoms with Crippen LogP contribution in [0.25, 0.3) is 0 Å². The molecule has 0 saturated heterocycles. The van der Waals surface area contributed by atoms with E-state index in [1.165, 1.54) is 32.1 Å². The van der Waals surface area contributed by atoms with Crippen LogP contribution >= 0.6 is 23.2 Å². The van der Waals surface area contributed by atoms with Gasteiger partial charge in [0, 0.05) is 5.92 Å². The highest BCUT2D eigenvalue weighted by molar-refractivity contribution is 6.43. The number of halogens is 2. The summed E-state index contributed by atoms with van der Waals surface area (Å²) in [4.78, 5) is 10.9. The fraction of sp³-hybridized carbons (Fsp3) is 0.533. The Hall–Kier alpha value is -0.530. The quantitative estimate of drug-likeness (QED) is 0.685. The lowest BCUT2D eigenvalue weighted by molar-refractivity contribution is -0.108. The second kappa shape index (κ2) is 6.08. The van der Waals surface area contributed by atoms with E-state index in [1.807, 2.05) is 13.0 Å². The Kier molecular flexibility index (Phi) is 4.69. The highest BCUT2D eigenvalue weighted by Gasteiger charge is 2.21. The van der Waals surface area contributed by atoms with Gasteiger partial charge in [0.15, 0.2) is 0 Å². The predicted molar refractivity (Wildman–Crippen MR) is 76.8 cm³/mol. The molecule has 0 radical (unpaired) electrons. The average molecular weight is 285 g/mol. The topological polar surface area (TPSA) is 17.1 Å². The number of aldehydes is 1. The maximum absolute atomic E-state index is 10.9. The molecule has 3 heteroatoms. The molecular formula is C15H18Cl2O. The fourth-order valence-corrected chi connectivity index (χ4v) is 3.40. The third-order valence-corrected chi connectivity index (χ3v) is 4.79. The van der Waals surface area contributed by atoms with Crippen molar-refractivity contribution in [3.8, 4) is 0 Å². The standard InChI is InChI=1S/C15H18Cl2O/c1-10(9-18)12-7-8-13(15(17)14(12)16)11-5-3-2-4-6-11/h7-11H,2-6H2,1H3. The smallest absolute Gasteiger partial charge is 0.127 e. The van der Waals surface area contributed by atoms with E-state index < -0.39 is 0 Å². The number of hydrogen-bond acceptors (Lipinski definition) is 1. The van der Waals surface area contributed by atoms with Gasteiger partial charge in [-0.2, -0.15) is 0 Å². The average Bonchev–Trinajstić information content (AvgIpc) is 2.42. The number of carbonyl (C=O) groups excluding carboxylic acids is 1. The molecule has 1 unspecified atom stereocenters. The van der Waals surface area contributed by atoms with E-state index in [0.29, 0.717) is 16.0 Å². The summed E-state index contributed by atoms with van der Waals surface area (Å²) >= 11 is 12.7. The molecule has 1 saturated carbocycles. The normalized spacial score (nSPS) is 18.6. The molecule has 0 aliphatic heterocycles. The molecule has 0 amide bonds. The van der Waals surface area contributed by atoms with Crippen molar-refractivity contribution in [1.82, 2.24) is 0 Å². The molecule has 1 nitrogen and oxygen atoms in total. The molecule has 98 valence electrons. The summed E-state index contributed by atoms with van der Waals surface area (Å²) in [7, 11) is 0. The number of benzene rings is 1. The van der Waals surface area contributed by atoms with Crippen molar-refractivity contribution in [3.05, 3.63) is 33.3 Å². The van der Waals surface area contributed by atoms with E-state index in [-0.39, 0.29) is 5.92 Å². The SMILES string of the molecule is CC(C=O)c1ccc(C2CCCCC2)c(Cl)c1Cl. The minimum atomic E-state index is -0.199. The van der Waals surface area contributed by atoms with Crippen molar-refractivity contribution in [2.75, 3.05) is 0 Å². The van der Waals surface area contributed by atoms with Gasteiger partial charge < -0.3 is 4.79 Å². The van der Waals surface area contributed by atoms with Crippen molar-refractivity contribution in [2.24, 2.45) is 0 Å².